The van der Waals surface area contributed by atoms with Crippen LogP contribution in [0.4, 0.5) is 5.82 Å². The summed E-state index contributed by atoms with van der Waals surface area (Å²) in [6, 6.07) is 10.4. The highest BCUT2D eigenvalue weighted by molar-refractivity contribution is 6.36. The van der Waals surface area contributed by atoms with E-state index in [1.165, 1.54) is 0 Å². The molecule has 30 heavy (non-hydrogen) atoms. The second kappa shape index (κ2) is 9.64. The van der Waals surface area contributed by atoms with Crippen LogP contribution in [-0.2, 0) is 6.54 Å². The number of anilines is 1. The van der Waals surface area contributed by atoms with Gasteiger partial charge in [-0.1, -0.05) is 23.7 Å². The average molecular weight is 429 g/mol. The van der Waals surface area contributed by atoms with Crippen LogP contribution in [0.5, 0.6) is 5.75 Å². The number of pyridine rings is 1. The number of rotatable bonds is 9. The molecule has 0 radical (unpaired) electrons. The smallest absolute Gasteiger partial charge is 0.161 e. The van der Waals surface area contributed by atoms with E-state index in [1.54, 1.807) is 13.3 Å². The van der Waals surface area contributed by atoms with E-state index in [4.69, 9.17) is 21.4 Å². The zero-order chi connectivity index (χ0) is 20.9. The molecule has 7 nitrogen and oxygen atoms in total. The third kappa shape index (κ3) is 4.53. The fourth-order valence-corrected chi connectivity index (χ4v) is 4.19. The number of fused-ring (bicyclic) bond motifs is 1. The molecule has 2 aromatic heterocycles. The van der Waals surface area contributed by atoms with E-state index in [9.17, 15) is 0 Å². The molecule has 0 bridgehead atoms. The summed E-state index contributed by atoms with van der Waals surface area (Å²) in [7, 11) is 3.66. The minimum Gasteiger partial charge on any atom is -0.497 e. The molecule has 1 fully saturated rings. The van der Waals surface area contributed by atoms with Crippen molar-refractivity contribution < 1.29 is 4.74 Å². The van der Waals surface area contributed by atoms with E-state index in [-0.39, 0.29) is 0 Å². The van der Waals surface area contributed by atoms with E-state index in [2.05, 4.69) is 32.7 Å². The molecule has 2 N–H and O–H groups in total. The maximum absolute atomic E-state index is 6.59. The topological polar surface area (TPSA) is 67.2 Å². The maximum atomic E-state index is 6.59. The Labute approximate surface area is 182 Å². The van der Waals surface area contributed by atoms with Crippen molar-refractivity contribution in [2.75, 3.05) is 45.2 Å². The van der Waals surface area contributed by atoms with Gasteiger partial charge in [-0.15, -0.1) is 0 Å². The summed E-state index contributed by atoms with van der Waals surface area (Å²) in [6.45, 7) is 4.58. The molecule has 0 spiro atoms. The van der Waals surface area contributed by atoms with E-state index < -0.39 is 0 Å². The van der Waals surface area contributed by atoms with Gasteiger partial charge in [0, 0.05) is 25.3 Å². The zero-order valence-electron chi connectivity index (χ0n) is 17.6. The second-order valence-corrected chi connectivity index (χ2v) is 8.07. The first-order chi connectivity index (χ1) is 14.7. The van der Waals surface area contributed by atoms with Crippen LogP contribution in [0.3, 0.4) is 0 Å². The number of aromatic nitrogens is 3. The lowest BCUT2D eigenvalue weighted by molar-refractivity contribution is 0.414. The molecule has 0 saturated carbocycles. The predicted octanol–water partition coefficient (Wildman–Crippen LogP) is 2.92. The van der Waals surface area contributed by atoms with Crippen LogP contribution < -0.4 is 20.3 Å². The van der Waals surface area contributed by atoms with Gasteiger partial charge in [-0.3, -0.25) is 0 Å². The lowest BCUT2D eigenvalue weighted by Crippen LogP contribution is -2.34. The van der Waals surface area contributed by atoms with Crippen LogP contribution in [0, 0.1) is 0 Å². The largest absolute Gasteiger partial charge is 0.497 e. The molecule has 4 rings (SSSR count). The van der Waals surface area contributed by atoms with Gasteiger partial charge in [-0.25, -0.2) is 9.67 Å². The van der Waals surface area contributed by atoms with Crippen LogP contribution >= 0.6 is 11.6 Å². The quantitative estimate of drug-likeness (QED) is 0.511. The molecule has 0 amide bonds. The van der Waals surface area contributed by atoms with Crippen LogP contribution in [0.2, 0.25) is 5.02 Å². The number of benzene rings is 1. The van der Waals surface area contributed by atoms with Gasteiger partial charge in [0.25, 0.3) is 0 Å². The summed E-state index contributed by atoms with van der Waals surface area (Å²) in [6.07, 6.45) is 3.98. The first kappa shape index (κ1) is 20.9. The zero-order valence-corrected chi connectivity index (χ0v) is 18.3. The Morgan fingerprint density at radius 2 is 2.03 bits per heavy atom. The number of nitrogens with zero attached hydrogens (tertiary/aromatic N) is 4. The molecule has 0 aliphatic carbocycles. The van der Waals surface area contributed by atoms with Crippen molar-refractivity contribution in [1.82, 2.24) is 25.4 Å². The van der Waals surface area contributed by atoms with Gasteiger partial charge in [0.1, 0.15) is 5.75 Å². The highest BCUT2D eigenvalue weighted by atomic mass is 35.5. The fraction of sp³-hybridized carbons (Fsp3) is 0.455. The van der Waals surface area contributed by atoms with E-state index >= 15 is 0 Å². The number of ether oxygens (including phenoxy) is 1. The van der Waals surface area contributed by atoms with Crippen LogP contribution in [0.15, 0.2) is 36.5 Å². The fourth-order valence-electron chi connectivity index (χ4n) is 3.97. The highest BCUT2D eigenvalue weighted by Crippen LogP contribution is 2.33. The summed E-state index contributed by atoms with van der Waals surface area (Å²) in [5.41, 5.74) is 1.96. The summed E-state index contributed by atoms with van der Waals surface area (Å²) in [5, 5.41) is 13.4. The summed E-state index contributed by atoms with van der Waals surface area (Å²) in [4.78, 5) is 6.92. The molecule has 1 aromatic carbocycles. The van der Waals surface area contributed by atoms with Crippen LogP contribution in [-0.4, -0.2) is 61.1 Å². The Balaban J connectivity index is 1.55. The van der Waals surface area contributed by atoms with Crippen molar-refractivity contribution in [3.63, 3.8) is 0 Å². The van der Waals surface area contributed by atoms with Gasteiger partial charge >= 0.3 is 0 Å². The normalized spacial score (nSPS) is 16.5. The Morgan fingerprint density at radius 1 is 1.20 bits per heavy atom. The molecule has 0 unspecified atom stereocenters. The Morgan fingerprint density at radius 3 is 2.80 bits per heavy atom. The lowest BCUT2D eigenvalue weighted by Gasteiger charge is -2.17. The Bertz CT molecular complexity index is 974. The minimum atomic E-state index is 0.471. The third-order valence-electron chi connectivity index (χ3n) is 5.58. The van der Waals surface area contributed by atoms with Crippen LogP contribution in [0.25, 0.3) is 11.0 Å². The van der Waals surface area contributed by atoms with Gasteiger partial charge in [-0.05, 0) is 56.7 Å². The SMILES string of the molecule is CNCCCN[C@@H]1CCN(c2nn(Cc3ccc(OC)cc3)c3nccc(Cl)c23)C1. The molecule has 1 aliphatic rings. The van der Waals surface area contributed by atoms with Crippen molar-refractivity contribution in [2.24, 2.45) is 0 Å². The monoisotopic (exact) mass is 428 g/mol. The number of halogens is 1. The van der Waals surface area contributed by atoms with Crippen molar-refractivity contribution in [3.05, 3.63) is 47.1 Å². The molecule has 3 aromatic rings. The van der Waals surface area contributed by atoms with Gasteiger partial charge in [0.15, 0.2) is 11.5 Å². The first-order valence-electron chi connectivity index (χ1n) is 10.5. The summed E-state index contributed by atoms with van der Waals surface area (Å²) in [5.74, 6) is 1.77. The summed E-state index contributed by atoms with van der Waals surface area (Å²) >= 11 is 6.59. The number of hydrogen-bond acceptors (Lipinski definition) is 6. The van der Waals surface area contributed by atoms with E-state index in [0.29, 0.717) is 17.6 Å². The predicted molar refractivity (Wildman–Crippen MR) is 122 cm³/mol. The van der Waals surface area contributed by atoms with Crippen molar-refractivity contribution >= 4 is 28.5 Å². The van der Waals surface area contributed by atoms with Gasteiger partial charge in [-0.2, -0.15) is 5.10 Å². The number of methoxy groups -OCH3 is 1. The Hall–Kier alpha value is -2.35. The molecule has 8 heteroatoms. The molecule has 1 aliphatic heterocycles. The van der Waals surface area contributed by atoms with Gasteiger partial charge in [0.2, 0.25) is 0 Å². The molecular formula is C22H29ClN6O. The molecule has 1 atom stereocenters. The number of nitrogens with one attached hydrogen (secondary N) is 2. The van der Waals surface area contributed by atoms with Crippen molar-refractivity contribution in [3.8, 4) is 5.75 Å². The minimum absolute atomic E-state index is 0.471. The van der Waals surface area contributed by atoms with Gasteiger partial charge in [0.05, 0.1) is 24.1 Å². The highest BCUT2D eigenvalue weighted by Gasteiger charge is 2.27. The molecular weight excluding hydrogens is 400 g/mol. The van der Waals surface area contributed by atoms with E-state index in [1.807, 2.05) is 29.9 Å². The maximum Gasteiger partial charge on any atom is 0.161 e. The van der Waals surface area contributed by atoms with Crippen molar-refractivity contribution in [2.45, 2.75) is 25.4 Å². The van der Waals surface area contributed by atoms with Crippen molar-refractivity contribution in [1.29, 1.82) is 0 Å². The third-order valence-corrected chi connectivity index (χ3v) is 5.89. The second-order valence-electron chi connectivity index (χ2n) is 7.66. The molecule has 1 saturated heterocycles. The number of hydrogen-bond donors (Lipinski definition) is 2. The molecule has 160 valence electrons. The van der Waals surface area contributed by atoms with E-state index in [0.717, 1.165) is 67.2 Å². The first-order valence-corrected chi connectivity index (χ1v) is 10.8. The molecule has 3 heterocycles. The standard InChI is InChI=1S/C22H29ClN6O/c1-24-10-3-11-25-17-9-13-28(15-17)22-20-19(23)8-12-26-21(20)29(27-22)14-16-4-6-18(30-2)7-5-16/h4-8,12,17,24-25H,3,9-11,13-15H2,1-2H3/t17-/m1/s1. The summed E-state index contributed by atoms with van der Waals surface area (Å²) < 4.78 is 7.21. The lowest BCUT2D eigenvalue weighted by atomic mass is 10.2. The average Bonchev–Trinajstić information content (AvgIpc) is 3.37. The van der Waals surface area contributed by atoms with Gasteiger partial charge < -0.3 is 20.3 Å². The van der Waals surface area contributed by atoms with Crippen LogP contribution in [0.1, 0.15) is 18.4 Å². The Kier molecular flexibility index (Phi) is 6.72.